The monoisotopic (exact) mass is 311 g/mol. The Balaban J connectivity index is 1.98. The Morgan fingerprint density at radius 1 is 1.38 bits per heavy atom. The summed E-state index contributed by atoms with van der Waals surface area (Å²) in [4.78, 5) is 25.2. The number of hydrogen-bond acceptors (Lipinski definition) is 4. The van der Waals surface area contributed by atoms with Crippen LogP contribution >= 0.6 is 11.6 Å². The third kappa shape index (κ3) is 4.42. The van der Waals surface area contributed by atoms with Crippen LogP contribution in [0.3, 0.4) is 0 Å². The van der Waals surface area contributed by atoms with Crippen molar-refractivity contribution in [2.24, 2.45) is 5.73 Å². The molecule has 4 N–H and O–H groups in total. The number of nitrogens with one attached hydrogen (secondary N) is 1. The van der Waals surface area contributed by atoms with Crippen LogP contribution in [0.15, 0.2) is 18.2 Å². The zero-order chi connectivity index (χ0) is 15.4. The van der Waals surface area contributed by atoms with Gasteiger partial charge < -0.3 is 16.2 Å². The number of hydrogen-bond donors (Lipinski definition) is 3. The Bertz CT molecular complexity index is 542. The van der Waals surface area contributed by atoms with Gasteiger partial charge in [0.2, 0.25) is 5.91 Å². The zero-order valence-corrected chi connectivity index (χ0v) is 12.3. The molecule has 1 aliphatic rings. The Morgan fingerprint density at radius 2 is 2.05 bits per heavy atom. The second-order valence-electron chi connectivity index (χ2n) is 5.16. The van der Waals surface area contributed by atoms with E-state index in [1.807, 2.05) is 4.90 Å². The molecule has 2 rings (SSSR count). The molecule has 1 aromatic carbocycles. The van der Waals surface area contributed by atoms with E-state index in [-0.39, 0.29) is 29.7 Å². The van der Waals surface area contributed by atoms with Crippen molar-refractivity contribution in [2.75, 3.05) is 25.0 Å². The van der Waals surface area contributed by atoms with E-state index in [0.29, 0.717) is 5.02 Å². The van der Waals surface area contributed by atoms with Crippen LogP contribution in [0.1, 0.15) is 23.2 Å². The van der Waals surface area contributed by atoms with Crippen LogP contribution in [0.2, 0.25) is 5.02 Å². The largest absolute Gasteiger partial charge is 0.478 e. The average Bonchev–Trinajstić information content (AvgIpc) is 2.43. The van der Waals surface area contributed by atoms with E-state index in [2.05, 4.69) is 5.32 Å². The fraction of sp³-hybridized carbons (Fsp3) is 0.429. The maximum absolute atomic E-state index is 12.0. The molecule has 0 saturated carbocycles. The summed E-state index contributed by atoms with van der Waals surface area (Å²) in [6.07, 6.45) is 1.74. The lowest BCUT2D eigenvalue weighted by Gasteiger charge is -2.29. The minimum atomic E-state index is -1.13. The van der Waals surface area contributed by atoms with E-state index in [0.717, 1.165) is 25.9 Å². The molecular weight excluding hydrogens is 294 g/mol. The van der Waals surface area contributed by atoms with Gasteiger partial charge in [-0.15, -0.1) is 0 Å². The predicted octanol–water partition coefficient (Wildman–Crippen LogP) is 1.40. The van der Waals surface area contributed by atoms with Crippen LogP contribution in [0.5, 0.6) is 0 Å². The molecule has 0 radical (unpaired) electrons. The number of aromatic carboxylic acids is 1. The first kappa shape index (κ1) is 15.8. The van der Waals surface area contributed by atoms with Crippen molar-refractivity contribution in [3.8, 4) is 0 Å². The molecule has 1 amide bonds. The van der Waals surface area contributed by atoms with Crippen molar-refractivity contribution in [3.63, 3.8) is 0 Å². The molecule has 1 fully saturated rings. The van der Waals surface area contributed by atoms with Gasteiger partial charge >= 0.3 is 5.97 Å². The highest BCUT2D eigenvalue weighted by atomic mass is 35.5. The first-order chi connectivity index (χ1) is 9.95. The molecule has 21 heavy (non-hydrogen) atoms. The van der Waals surface area contributed by atoms with Gasteiger partial charge in [-0.3, -0.25) is 9.69 Å². The van der Waals surface area contributed by atoms with Gasteiger partial charge in [0.15, 0.2) is 0 Å². The Morgan fingerprint density at radius 3 is 2.67 bits per heavy atom. The molecule has 6 nitrogen and oxygen atoms in total. The van der Waals surface area contributed by atoms with Crippen molar-refractivity contribution in [3.05, 3.63) is 28.8 Å². The Hall–Kier alpha value is -1.63. The van der Waals surface area contributed by atoms with Crippen LogP contribution in [-0.4, -0.2) is 47.6 Å². The van der Waals surface area contributed by atoms with Crippen molar-refractivity contribution in [1.29, 1.82) is 0 Å². The van der Waals surface area contributed by atoms with Crippen LogP contribution in [-0.2, 0) is 4.79 Å². The van der Waals surface area contributed by atoms with E-state index in [9.17, 15) is 9.59 Å². The summed E-state index contributed by atoms with van der Waals surface area (Å²) >= 11 is 5.77. The minimum Gasteiger partial charge on any atom is -0.478 e. The summed E-state index contributed by atoms with van der Waals surface area (Å²) in [6, 6.07) is 4.57. The molecule has 0 atom stereocenters. The van der Waals surface area contributed by atoms with Gasteiger partial charge in [0.05, 0.1) is 17.8 Å². The number of benzene rings is 1. The lowest BCUT2D eigenvalue weighted by molar-refractivity contribution is -0.117. The van der Waals surface area contributed by atoms with E-state index < -0.39 is 5.97 Å². The molecule has 0 aromatic heterocycles. The number of nitrogens with two attached hydrogens (primary N) is 1. The molecule has 0 unspecified atom stereocenters. The highest BCUT2D eigenvalue weighted by Crippen LogP contribution is 2.21. The molecule has 0 spiro atoms. The Labute approximate surface area is 127 Å². The van der Waals surface area contributed by atoms with E-state index >= 15 is 0 Å². The fourth-order valence-corrected chi connectivity index (χ4v) is 2.48. The third-order valence-electron chi connectivity index (χ3n) is 3.49. The number of piperidine rings is 1. The average molecular weight is 312 g/mol. The predicted molar refractivity (Wildman–Crippen MR) is 80.7 cm³/mol. The van der Waals surface area contributed by atoms with Gasteiger partial charge in [0, 0.05) is 24.2 Å². The number of carboxylic acid groups (broad SMARTS) is 1. The van der Waals surface area contributed by atoms with Gasteiger partial charge in [-0.05, 0) is 31.0 Å². The molecule has 1 saturated heterocycles. The Kier molecular flexibility index (Phi) is 5.17. The van der Waals surface area contributed by atoms with Gasteiger partial charge in [-0.25, -0.2) is 4.79 Å². The summed E-state index contributed by atoms with van der Waals surface area (Å²) < 4.78 is 0. The number of nitrogens with zero attached hydrogens (tertiary/aromatic N) is 1. The minimum absolute atomic E-state index is 0.0171. The molecule has 0 aliphatic carbocycles. The molecule has 1 aliphatic heterocycles. The normalized spacial score (nSPS) is 16.7. The SMILES string of the molecule is NC1CCN(CC(=O)Nc2ccc(Cl)cc2C(=O)O)CC1. The first-order valence-electron chi connectivity index (χ1n) is 6.76. The van der Waals surface area contributed by atoms with Gasteiger partial charge in [-0.2, -0.15) is 0 Å². The number of carboxylic acids is 1. The van der Waals surface area contributed by atoms with E-state index in [1.165, 1.54) is 12.1 Å². The summed E-state index contributed by atoms with van der Waals surface area (Å²) in [5, 5.41) is 12.1. The van der Waals surface area contributed by atoms with Gasteiger partial charge in [-0.1, -0.05) is 11.6 Å². The number of rotatable bonds is 4. The molecular formula is C14H18ClN3O3. The maximum atomic E-state index is 12.0. The number of halogens is 1. The summed E-state index contributed by atoms with van der Waals surface area (Å²) in [5.74, 6) is -1.37. The standard InChI is InChI=1S/C14H18ClN3O3/c15-9-1-2-12(11(7-9)14(20)21)17-13(19)8-18-5-3-10(16)4-6-18/h1-2,7,10H,3-6,8,16H2,(H,17,19)(H,20,21). The number of likely N-dealkylation sites (tertiary alicyclic amines) is 1. The molecule has 114 valence electrons. The molecule has 1 heterocycles. The number of amides is 1. The van der Waals surface area contributed by atoms with Crippen molar-refractivity contribution >= 4 is 29.2 Å². The highest BCUT2D eigenvalue weighted by molar-refractivity contribution is 6.31. The molecule has 7 heteroatoms. The summed E-state index contributed by atoms with van der Waals surface area (Å²) in [7, 11) is 0. The fourth-order valence-electron chi connectivity index (χ4n) is 2.31. The summed E-state index contributed by atoms with van der Waals surface area (Å²) in [6.45, 7) is 1.79. The van der Waals surface area contributed by atoms with Crippen LogP contribution in [0.25, 0.3) is 0 Å². The number of carbonyl (C=O) groups is 2. The lowest BCUT2D eigenvalue weighted by atomic mass is 10.1. The van der Waals surface area contributed by atoms with Crippen molar-refractivity contribution < 1.29 is 14.7 Å². The lowest BCUT2D eigenvalue weighted by Crippen LogP contribution is -2.43. The van der Waals surface area contributed by atoms with Crippen LogP contribution in [0, 0.1) is 0 Å². The topological polar surface area (TPSA) is 95.7 Å². The van der Waals surface area contributed by atoms with E-state index in [4.69, 9.17) is 22.4 Å². The number of anilines is 1. The van der Waals surface area contributed by atoms with Gasteiger partial charge in [0.25, 0.3) is 0 Å². The maximum Gasteiger partial charge on any atom is 0.337 e. The third-order valence-corrected chi connectivity index (χ3v) is 3.72. The molecule has 0 bridgehead atoms. The van der Waals surface area contributed by atoms with Crippen LogP contribution < -0.4 is 11.1 Å². The smallest absolute Gasteiger partial charge is 0.337 e. The van der Waals surface area contributed by atoms with Gasteiger partial charge in [0.1, 0.15) is 0 Å². The number of carbonyl (C=O) groups excluding carboxylic acids is 1. The highest BCUT2D eigenvalue weighted by Gasteiger charge is 2.19. The second-order valence-corrected chi connectivity index (χ2v) is 5.59. The zero-order valence-electron chi connectivity index (χ0n) is 11.5. The first-order valence-corrected chi connectivity index (χ1v) is 7.14. The quantitative estimate of drug-likeness (QED) is 0.781. The molecule has 1 aromatic rings. The van der Waals surface area contributed by atoms with E-state index in [1.54, 1.807) is 6.07 Å². The van der Waals surface area contributed by atoms with Crippen LogP contribution in [0.4, 0.5) is 5.69 Å². The van der Waals surface area contributed by atoms with Crippen molar-refractivity contribution in [2.45, 2.75) is 18.9 Å². The summed E-state index contributed by atoms with van der Waals surface area (Å²) in [5.41, 5.74) is 6.05. The second kappa shape index (κ2) is 6.89. The van der Waals surface area contributed by atoms with Crippen molar-refractivity contribution in [1.82, 2.24) is 4.90 Å².